The van der Waals surface area contributed by atoms with E-state index >= 15 is 0 Å². The molecule has 0 saturated carbocycles. The molecule has 2 aromatic carbocycles. The maximum Gasteiger partial charge on any atom is 0.339 e. The summed E-state index contributed by atoms with van der Waals surface area (Å²) >= 11 is 0. The quantitative estimate of drug-likeness (QED) is 0.759. The predicted molar refractivity (Wildman–Crippen MR) is 92.8 cm³/mol. The van der Waals surface area contributed by atoms with Gasteiger partial charge in [0.2, 0.25) is 0 Å². The van der Waals surface area contributed by atoms with Gasteiger partial charge < -0.3 is 14.2 Å². The molecule has 0 atom stereocenters. The van der Waals surface area contributed by atoms with E-state index in [0.29, 0.717) is 18.1 Å². The molecule has 0 aromatic heterocycles. The van der Waals surface area contributed by atoms with E-state index in [4.69, 9.17) is 9.47 Å². The van der Waals surface area contributed by atoms with Crippen molar-refractivity contribution in [3.63, 3.8) is 0 Å². The third kappa shape index (κ3) is 4.21. The van der Waals surface area contributed by atoms with Crippen LogP contribution in [0.2, 0.25) is 0 Å². The van der Waals surface area contributed by atoms with Crippen LogP contribution in [0.4, 0.5) is 5.69 Å². The smallest absolute Gasteiger partial charge is 0.339 e. The second-order valence-electron chi connectivity index (χ2n) is 4.89. The van der Waals surface area contributed by atoms with Crippen LogP contribution >= 0.6 is 0 Å². The Morgan fingerprint density at radius 3 is 2.44 bits per heavy atom. The first kappa shape index (κ1) is 18.6. The number of rotatable bonds is 7. The number of nitrogens with one attached hydrogen (secondary N) is 1. The van der Waals surface area contributed by atoms with Gasteiger partial charge in [-0.1, -0.05) is 12.1 Å². The Bertz CT molecular complexity index is 863. The fraction of sp³-hybridized carbons (Fsp3) is 0.235. The van der Waals surface area contributed by atoms with E-state index in [1.54, 1.807) is 18.2 Å². The summed E-state index contributed by atoms with van der Waals surface area (Å²) in [5.74, 6) is 0.163. The highest BCUT2D eigenvalue weighted by Crippen LogP contribution is 2.31. The Balaban J connectivity index is 2.38. The Morgan fingerprint density at radius 2 is 1.80 bits per heavy atom. The number of benzene rings is 2. The summed E-state index contributed by atoms with van der Waals surface area (Å²) in [4.78, 5) is 11.6. The zero-order chi connectivity index (χ0) is 18.4. The van der Waals surface area contributed by atoms with Crippen LogP contribution in [-0.2, 0) is 14.8 Å². The van der Waals surface area contributed by atoms with E-state index in [2.05, 4.69) is 9.46 Å². The molecule has 0 spiro atoms. The molecule has 2 rings (SSSR count). The molecule has 0 aliphatic heterocycles. The number of hydrogen-bond acceptors (Lipinski definition) is 6. The molecule has 0 aliphatic carbocycles. The minimum absolute atomic E-state index is 0.0459. The highest BCUT2D eigenvalue weighted by Gasteiger charge is 2.23. The predicted octanol–water partition coefficient (Wildman–Crippen LogP) is 2.68. The van der Waals surface area contributed by atoms with Crippen LogP contribution in [0.5, 0.6) is 11.5 Å². The molecule has 0 aliphatic rings. The van der Waals surface area contributed by atoms with Crippen molar-refractivity contribution in [2.75, 3.05) is 25.5 Å². The van der Waals surface area contributed by atoms with Crippen LogP contribution in [0.3, 0.4) is 0 Å². The minimum Gasteiger partial charge on any atom is -0.493 e. The van der Waals surface area contributed by atoms with E-state index in [1.165, 1.54) is 38.5 Å². The summed E-state index contributed by atoms with van der Waals surface area (Å²) in [5.41, 5.74) is 0.232. The third-order valence-corrected chi connectivity index (χ3v) is 4.74. The fourth-order valence-corrected chi connectivity index (χ4v) is 3.44. The number of esters is 1. The van der Waals surface area contributed by atoms with Gasteiger partial charge in [0.25, 0.3) is 10.0 Å². The maximum absolute atomic E-state index is 12.7. The Hall–Kier alpha value is -2.74. The summed E-state index contributed by atoms with van der Waals surface area (Å²) in [5, 5.41) is 0. The molecule has 0 bridgehead atoms. The van der Waals surface area contributed by atoms with E-state index in [9.17, 15) is 13.2 Å². The zero-order valence-electron chi connectivity index (χ0n) is 14.1. The Morgan fingerprint density at radius 1 is 1.08 bits per heavy atom. The summed E-state index contributed by atoms with van der Waals surface area (Å²) in [7, 11) is -1.34. The second-order valence-corrected chi connectivity index (χ2v) is 6.54. The van der Waals surface area contributed by atoms with Crippen LogP contribution < -0.4 is 14.2 Å². The van der Waals surface area contributed by atoms with E-state index in [1.807, 2.05) is 6.92 Å². The molecular weight excluding hydrogens is 346 g/mol. The van der Waals surface area contributed by atoms with Crippen LogP contribution in [0.25, 0.3) is 0 Å². The van der Waals surface area contributed by atoms with Crippen molar-refractivity contribution >= 4 is 21.7 Å². The second kappa shape index (κ2) is 7.89. The van der Waals surface area contributed by atoms with Gasteiger partial charge in [0.15, 0.2) is 11.5 Å². The van der Waals surface area contributed by atoms with Crippen LogP contribution in [0, 0.1) is 0 Å². The topological polar surface area (TPSA) is 90.9 Å². The monoisotopic (exact) mass is 365 g/mol. The highest BCUT2D eigenvalue weighted by molar-refractivity contribution is 7.92. The van der Waals surface area contributed by atoms with Crippen molar-refractivity contribution < 1.29 is 27.4 Å². The van der Waals surface area contributed by atoms with E-state index in [-0.39, 0.29) is 16.1 Å². The molecule has 0 heterocycles. The van der Waals surface area contributed by atoms with Crippen molar-refractivity contribution in [3.05, 3.63) is 48.0 Å². The molecule has 0 amide bonds. The number of ether oxygens (including phenoxy) is 3. The lowest BCUT2D eigenvalue weighted by Gasteiger charge is -2.14. The first-order chi connectivity index (χ1) is 11.9. The molecule has 0 fully saturated rings. The number of methoxy groups -OCH3 is 2. The highest BCUT2D eigenvalue weighted by atomic mass is 32.2. The van der Waals surface area contributed by atoms with Gasteiger partial charge >= 0.3 is 5.97 Å². The largest absolute Gasteiger partial charge is 0.493 e. The maximum atomic E-state index is 12.7. The molecule has 0 unspecified atom stereocenters. The first-order valence-corrected chi connectivity index (χ1v) is 8.92. The van der Waals surface area contributed by atoms with Gasteiger partial charge in [0, 0.05) is 6.07 Å². The number of anilines is 1. The van der Waals surface area contributed by atoms with Crippen molar-refractivity contribution in [2.24, 2.45) is 0 Å². The Labute approximate surface area is 146 Å². The number of carbonyl (C=O) groups is 1. The van der Waals surface area contributed by atoms with Crippen LogP contribution in [0.15, 0.2) is 47.4 Å². The van der Waals surface area contributed by atoms with Crippen LogP contribution in [0.1, 0.15) is 17.3 Å². The van der Waals surface area contributed by atoms with Crippen molar-refractivity contribution in [3.8, 4) is 11.5 Å². The standard InChI is InChI=1S/C17H19NO6S/c1-4-24-14-10-9-12(11-15(14)22-2)18-25(20,21)16-8-6-5-7-13(16)17(19)23-3/h5-11,18H,4H2,1-3H3. The Kier molecular flexibility index (Phi) is 5.87. The zero-order valence-corrected chi connectivity index (χ0v) is 14.9. The van der Waals surface area contributed by atoms with Gasteiger partial charge in [-0.15, -0.1) is 0 Å². The summed E-state index contributed by atoms with van der Waals surface area (Å²) in [6, 6.07) is 10.5. The normalized spacial score (nSPS) is 10.8. The average Bonchev–Trinajstić information content (AvgIpc) is 2.62. The van der Waals surface area contributed by atoms with E-state index in [0.717, 1.165) is 0 Å². The molecule has 1 N–H and O–H groups in total. The summed E-state index contributed by atoms with van der Waals surface area (Å²) in [6.07, 6.45) is 0. The molecule has 7 nitrogen and oxygen atoms in total. The van der Waals surface area contributed by atoms with Gasteiger partial charge in [-0.2, -0.15) is 0 Å². The molecule has 0 saturated heterocycles. The lowest BCUT2D eigenvalue weighted by Crippen LogP contribution is -2.17. The molecule has 8 heteroatoms. The molecule has 2 aromatic rings. The SMILES string of the molecule is CCOc1ccc(NS(=O)(=O)c2ccccc2C(=O)OC)cc1OC. The molecular formula is C17H19NO6S. The molecule has 25 heavy (non-hydrogen) atoms. The van der Waals surface area contributed by atoms with Gasteiger partial charge in [-0.3, -0.25) is 4.72 Å². The number of sulfonamides is 1. The first-order valence-electron chi connectivity index (χ1n) is 7.44. The van der Waals surface area contributed by atoms with Gasteiger partial charge in [-0.05, 0) is 31.2 Å². The number of hydrogen-bond donors (Lipinski definition) is 1. The lowest BCUT2D eigenvalue weighted by atomic mass is 10.2. The van der Waals surface area contributed by atoms with Crippen molar-refractivity contribution in [2.45, 2.75) is 11.8 Å². The van der Waals surface area contributed by atoms with Gasteiger partial charge in [0.05, 0.1) is 32.1 Å². The van der Waals surface area contributed by atoms with Crippen LogP contribution in [-0.4, -0.2) is 35.2 Å². The summed E-state index contributed by atoms with van der Waals surface area (Å²) in [6.45, 7) is 2.29. The van der Waals surface area contributed by atoms with E-state index < -0.39 is 16.0 Å². The van der Waals surface area contributed by atoms with Crippen molar-refractivity contribution in [1.29, 1.82) is 0 Å². The molecule has 134 valence electrons. The molecule has 0 radical (unpaired) electrons. The van der Waals surface area contributed by atoms with Gasteiger partial charge in [-0.25, -0.2) is 13.2 Å². The van der Waals surface area contributed by atoms with Crippen molar-refractivity contribution in [1.82, 2.24) is 0 Å². The average molecular weight is 365 g/mol. The lowest BCUT2D eigenvalue weighted by molar-refractivity contribution is 0.0596. The fourth-order valence-electron chi connectivity index (χ4n) is 2.20. The summed E-state index contributed by atoms with van der Waals surface area (Å²) < 4.78 is 43.0. The van der Waals surface area contributed by atoms with Gasteiger partial charge in [0.1, 0.15) is 4.90 Å². The third-order valence-electron chi connectivity index (χ3n) is 3.30. The minimum atomic E-state index is -4.00. The number of carbonyl (C=O) groups excluding carboxylic acids is 1.